The molecule has 0 amide bonds. The Morgan fingerprint density at radius 3 is 2.81 bits per heavy atom. The van der Waals surface area contributed by atoms with Crippen LogP contribution in [0.4, 0.5) is 0 Å². The first kappa shape index (κ1) is 14.6. The molecule has 1 aromatic carbocycles. The molecule has 108 valence electrons. The molecule has 0 bridgehead atoms. The molecule has 6 heteroatoms. The number of ether oxygens (including phenoxy) is 2. The number of carbonyl (C=O) groups is 1. The molecule has 2 aromatic rings. The molecule has 0 saturated carbocycles. The van der Waals surface area contributed by atoms with Gasteiger partial charge >= 0.3 is 5.97 Å². The average molecular weight is 285 g/mol. The highest BCUT2D eigenvalue weighted by molar-refractivity contribution is 5.88. The summed E-state index contributed by atoms with van der Waals surface area (Å²) < 4.78 is 12.0. The van der Waals surface area contributed by atoms with E-state index in [1.165, 1.54) is 6.20 Å². The van der Waals surface area contributed by atoms with Crippen LogP contribution in [0.1, 0.15) is 22.8 Å². The number of hydrogen-bond donors (Lipinski definition) is 0. The number of nitrogens with zero attached hydrogens (tertiary/aromatic N) is 3. The minimum absolute atomic E-state index is 0.339. The van der Waals surface area contributed by atoms with Gasteiger partial charge in [0.15, 0.2) is 0 Å². The number of carbonyl (C=O) groups excluding carboxylic acids is 1. The minimum atomic E-state index is -0.378. The fraction of sp³-hybridized carbons (Fsp3) is 0.267. The standard InChI is InChI=1S/C15H15N3O3/c1-2-20-15(19)13-10-17-18(11-13)7-8-21-14-5-3-12(9-16)4-6-14/h3-6,10-11H,2,7-8H2,1H3. The first-order valence-corrected chi connectivity index (χ1v) is 6.55. The number of rotatable bonds is 6. The number of benzene rings is 1. The fourth-order valence-corrected chi connectivity index (χ4v) is 1.69. The third-order valence-electron chi connectivity index (χ3n) is 2.72. The maximum Gasteiger partial charge on any atom is 0.341 e. The molecule has 0 saturated heterocycles. The SMILES string of the molecule is CCOC(=O)c1cnn(CCOc2ccc(C#N)cc2)c1. The van der Waals surface area contributed by atoms with Crippen molar-refractivity contribution in [3.63, 3.8) is 0 Å². The summed E-state index contributed by atoms with van der Waals surface area (Å²) >= 11 is 0. The Labute approximate surface area is 122 Å². The maximum absolute atomic E-state index is 11.5. The van der Waals surface area contributed by atoms with Crippen molar-refractivity contribution in [1.82, 2.24) is 9.78 Å². The normalized spacial score (nSPS) is 9.90. The lowest BCUT2D eigenvalue weighted by Gasteiger charge is -2.06. The summed E-state index contributed by atoms with van der Waals surface area (Å²) in [5.74, 6) is 0.309. The van der Waals surface area contributed by atoms with E-state index in [0.29, 0.717) is 36.6 Å². The van der Waals surface area contributed by atoms with Crippen molar-refractivity contribution in [3.8, 4) is 11.8 Å². The molecule has 0 aliphatic carbocycles. The Bertz CT molecular complexity index is 641. The lowest BCUT2D eigenvalue weighted by Crippen LogP contribution is -2.09. The van der Waals surface area contributed by atoms with E-state index in [0.717, 1.165) is 0 Å². The van der Waals surface area contributed by atoms with Crippen LogP contribution < -0.4 is 4.74 Å². The van der Waals surface area contributed by atoms with Crippen molar-refractivity contribution in [1.29, 1.82) is 5.26 Å². The van der Waals surface area contributed by atoms with Crippen LogP contribution in [0.3, 0.4) is 0 Å². The van der Waals surface area contributed by atoms with Gasteiger partial charge in [-0.05, 0) is 31.2 Å². The third-order valence-corrected chi connectivity index (χ3v) is 2.72. The smallest absolute Gasteiger partial charge is 0.341 e. The Balaban J connectivity index is 1.83. The topological polar surface area (TPSA) is 77.1 Å². The molecule has 0 fully saturated rings. The van der Waals surface area contributed by atoms with E-state index >= 15 is 0 Å². The van der Waals surface area contributed by atoms with Gasteiger partial charge in [0, 0.05) is 6.20 Å². The van der Waals surface area contributed by atoms with Crippen molar-refractivity contribution >= 4 is 5.97 Å². The zero-order valence-electron chi connectivity index (χ0n) is 11.7. The van der Waals surface area contributed by atoms with Crippen molar-refractivity contribution in [2.45, 2.75) is 13.5 Å². The van der Waals surface area contributed by atoms with Crippen LogP contribution in [0.25, 0.3) is 0 Å². The molecule has 0 spiro atoms. The van der Waals surface area contributed by atoms with E-state index in [1.807, 2.05) is 6.07 Å². The highest BCUT2D eigenvalue weighted by Crippen LogP contribution is 2.11. The van der Waals surface area contributed by atoms with Gasteiger partial charge in [-0.2, -0.15) is 10.4 Å². The van der Waals surface area contributed by atoms with Crippen molar-refractivity contribution in [3.05, 3.63) is 47.8 Å². The molecule has 0 radical (unpaired) electrons. The molecule has 0 aliphatic heterocycles. The van der Waals surface area contributed by atoms with E-state index in [9.17, 15) is 4.79 Å². The summed E-state index contributed by atoms with van der Waals surface area (Å²) in [5, 5.41) is 12.8. The summed E-state index contributed by atoms with van der Waals surface area (Å²) in [5.41, 5.74) is 1.02. The maximum atomic E-state index is 11.5. The number of aromatic nitrogens is 2. The quantitative estimate of drug-likeness (QED) is 0.759. The number of hydrogen-bond acceptors (Lipinski definition) is 5. The van der Waals surface area contributed by atoms with Gasteiger partial charge in [0.05, 0.1) is 36.5 Å². The van der Waals surface area contributed by atoms with Crippen LogP contribution in [0.2, 0.25) is 0 Å². The van der Waals surface area contributed by atoms with Gasteiger partial charge in [0.2, 0.25) is 0 Å². The predicted octanol–water partition coefficient (Wildman–Crippen LogP) is 2.01. The largest absolute Gasteiger partial charge is 0.492 e. The van der Waals surface area contributed by atoms with Crippen molar-refractivity contribution in [2.75, 3.05) is 13.2 Å². The summed E-state index contributed by atoms with van der Waals surface area (Å²) in [6.07, 6.45) is 3.10. The van der Waals surface area contributed by atoms with Gasteiger partial charge in [0.1, 0.15) is 12.4 Å². The highest BCUT2D eigenvalue weighted by atomic mass is 16.5. The lowest BCUT2D eigenvalue weighted by molar-refractivity contribution is 0.0526. The molecule has 21 heavy (non-hydrogen) atoms. The van der Waals surface area contributed by atoms with E-state index in [-0.39, 0.29) is 5.97 Å². The monoisotopic (exact) mass is 285 g/mol. The second-order valence-corrected chi connectivity index (χ2v) is 4.20. The van der Waals surface area contributed by atoms with Crippen LogP contribution in [0.15, 0.2) is 36.7 Å². The van der Waals surface area contributed by atoms with Crippen molar-refractivity contribution in [2.24, 2.45) is 0 Å². The number of esters is 1. The Morgan fingerprint density at radius 1 is 1.38 bits per heavy atom. The van der Waals surface area contributed by atoms with Crippen LogP contribution >= 0.6 is 0 Å². The molecule has 0 unspecified atom stereocenters. The second-order valence-electron chi connectivity index (χ2n) is 4.20. The van der Waals surface area contributed by atoms with Gasteiger partial charge in [-0.3, -0.25) is 4.68 Å². The molecule has 2 rings (SSSR count). The zero-order valence-corrected chi connectivity index (χ0v) is 11.7. The molecule has 1 aromatic heterocycles. The Morgan fingerprint density at radius 2 is 2.14 bits per heavy atom. The lowest BCUT2D eigenvalue weighted by atomic mass is 10.2. The van der Waals surface area contributed by atoms with Crippen molar-refractivity contribution < 1.29 is 14.3 Å². The van der Waals surface area contributed by atoms with Gasteiger partial charge in [-0.15, -0.1) is 0 Å². The van der Waals surface area contributed by atoms with Crippen LogP contribution in [-0.2, 0) is 11.3 Å². The van der Waals surface area contributed by atoms with Gasteiger partial charge in [-0.25, -0.2) is 4.79 Å². The number of nitriles is 1. The molecule has 6 nitrogen and oxygen atoms in total. The average Bonchev–Trinajstić information content (AvgIpc) is 2.97. The minimum Gasteiger partial charge on any atom is -0.492 e. The summed E-state index contributed by atoms with van der Waals surface area (Å²) in [7, 11) is 0. The fourth-order valence-electron chi connectivity index (χ4n) is 1.69. The van der Waals surface area contributed by atoms with Crippen LogP contribution in [-0.4, -0.2) is 29.0 Å². The Hall–Kier alpha value is -2.81. The van der Waals surface area contributed by atoms with Crippen LogP contribution in [0, 0.1) is 11.3 Å². The van der Waals surface area contributed by atoms with Gasteiger partial charge in [0.25, 0.3) is 0 Å². The van der Waals surface area contributed by atoms with E-state index in [1.54, 1.807) is 42.1 Å². The van der Waals surface area contributed by atoms with E-state index < -0.39 is 0 Å². The van der Waals surface area contributed by atoms with E-state index in [4.69, 9.17) is 14.7 Å². The zero-order chi connectivity index (χ0) is 15.1. The van der Waals surface area contributed by atoms with Gasteiger partial charge < -0.3 is 9.47 Å². The molecular weight excluding hydrogens is 270 g/mol. The molecule has 0 atom stereocenters. The molecular formula is C15H15N3O3. The predicted molar refractivity (Wildman–Crippen MR) is 74.8 cm³/mol. The third kappa shape index (κ3) is 4.08. The summed E-state index contributed by atoms with van der Waals surface area (Å²) in [6.45, 7) is 3.02. The first-order valence-electron chi connectivity index (χ1n) is 6.55. The van der Waals surface area contributed by atoms with E-state index in [2.05, 4.69) is 5.10 Å². The first-order chi connectivity index (χ1) is 10.2. The molecule has 1 heterocycles. The molecule has 0 N–H and O–H groups in total. The Kier molecular flexibility index (Phi) is 4.94. The molecule has 0 aliphatic rings. The van der Waals surface area contributed by atoms with Gasteiger partial charge in [-0.1, -0.05) is 0 Å². The summed E-state index contributed by atoms with van der Waals surface area (Å²) in [6, 6.07) is 8.92. The second kappa shape index (κ2) is 7.10. The summed E-state index contributed by atoms with van der Waals surface area (Å²) in [4.78, 5) is 11.5. The highest BCUT2D eigenvalue weighted by Gasteiger charge is 2.08. The van der Waals surface area contributed by atoms with Crippen LogP contribution in [0.5, 0.6) is 5.75 Å².